The Bertz CT molecular complexity index is 701. The van der Waals surface area contributed by atoms with E-state index in [2.05, 4.69) is 37.7 Å². The molecule has 1 heterocycles. The Morgan fingerprint density at radius 1 is 1.24 bits per heavy atom. The Morgan fingerprint density at radius 2 is 1.84 bits per heavy atom. The molecule has 1 fully saturated rings. The second kappa shape index (κ2) is 7.43. The van der Waals surface area contributed by atoms with Crippen molar-refractivity contribution >= 4 is 21.6 Å². The van der Waals surface area contributed by atoms with Crippen LogP contribution in [0.3, 0.4) is 0 Å². The molecule has 1 aliphatic rings. The van der Waals surface area contributed by atoms with Crippen molar-refractivity contribution in [3.8, 4) is 5.75 Å². The number of halogens is 1. The highest BCUT2D eigenvalue weighted by atomic mass is 35.5. The summed E-state index contributed by atoms with van der Waals surface area (Å²) < 4.78 is 34.1. The maximum absolute atomic E-state index is 12.8. The van der Waals surface area contributed by atoms with Gasteiger partial charge in [-0.25, -0.2) is 13.1 Å². The molecule has 0 aromatic heterocycles. The van der Waals surface area contributed by atoms with Gasteiger partial charge in [0.15, 0.2) is 0 Å². The SMILES string of the molecule is CCCOc1cc(S(=O)(=O)NC2CC(C)(C)NC(C)(C)C2)ccc1Cl. The van der Waals surface area contributed by atoms with Gasteiger partial charge in [-0.15, -0.1) is 0 Å². The predicted molar refractivity (Wildman–Crippen MR) is 102 cm³/mol. The normalized spacial score (nSPS) is 20.4. The van der Waals surface area contributed by atoms with Gasteiger partial charge in [0.2, 0.25) is 10.0 Å². The van der Waals surface area contributed by atoms with E-state index in [1.54, 1.807) is 6.07 Å². The van der Waals surface area contributed by atoms with Crippen LogP contribution in [0.15, 0.2) is 23.1 Å². The zero-order valence-electron chi connectivity index (χ0n) is 15.6. The molecule has 2 N–H and O–H groups in total. The average molecular weight is 389 g/mol. The molecule has 0 atom stereocenters. The molecule has 1 aromatic carbocycles. The van der Waals surface area contributed by atoms with Crippen molar-refractivity contribution in [2.75, 3.05) is 6.61 Å². The van der Waals surface area contributed by atoms with Gasteiger partial charge in [0, 0.05) is 23.2 Å². The first-order chi connectivity index (χ1) is 11.4. The van der Waals surface area contributed by atoms with Gasteiger partial charge in [0.25, 0.3) is 0 Å². The monoisotopic (exact) mass is 388 g/mol. The van der Waals surface area contributed by atoms with Gasteiger partial charge in [-0.1, -0.05) is 18.5 Å². The van der Waals surface area contributed by atoms with Crippen LogP contribution < -0.4 is 14.8 Å². The molecule has 142 valence electrons. The summed E-state index contributed by atoms with van der Waals surface area (Å²) in [6, 6.07) is 4.45. The lowest BCUT2D eigenvalue weighted by molar-refractivity contribution is 0.157. The molecule has 0 saturated carbocycles. The predicted octanol–water partition coefficient (Wildman–Crippen LogP) is 3.72. The molecule has 0 unspecified atom stereocenters. The van der Waals surface area contributed by atoms with Gasteiger partial charge in [-0.3, -0.25) is 0 Å². The van der Waals surface area contributed by atoms with Crippen LogP contribution in [0.4, 0.5) is 0 Å². The summed E-state index contributed by atoms with van der Waals surface area (Å²) >= 11 is 6.10. The Balaban J connectivity index is 2.21. The van der Waals surface area contributed by atoms with E-state index in [0.717, 1.165) is 19.3 Å². The smallest absolute Gasteiger partial charge is 0.240 e. The van der Waals surface area contributed by atoms with Crippen molar-refractivity contribution in [2.45, 2.75) is 75.9 Å². The Morgan fingerprint density at radius 3 is 2.40 bits per heavy atom. The van der Waals surface area contributed by atoms with Crippen molar-refractivity contribution in [1.29, 1.82) is 0 Å². The Hall–Kier alpha value is -0.820. The van der Waals surface area contributed by atoms with E-state index in [1.165, 1.54) is 12.1 Å². The minimum Gasteiger partial charge on any atom is -0.492 e. The molecule has 7 heteroatoms. The number of hydrogen-bond donors (Lipinski definition) is 2. The highest BCUT2D eigenvalue weighted by molar-refractivity contribution is 7.89. The van der Waals surface area contributed by atoms with Gasteiger partial charge in [-0.05, 0) is 59.1 Å². The van der Waals surface area contributed by atoms with E-state index in [9.17, 15) is 8.42 Å². The second-order valence-corrected chi connectivity index (χ2v) is 10.2. The van der Waals surface area contributed by atoms with E-state index in [4.69, 9.17) is 16.3 Å². The molecule has 0 spiro atoms. The van der Waals surface area contributed by atoms with Crippen LogP contribution >= 0.6 is 11.6 Å². The first-order valence-corrected chi connectivity index (χ1v) is 10.5. The molecule has 1 aliphatic heterocycles. The molecule has 0 aliphatic carbocycles. The number of piperidine rings is 1. The zero-order chi connectivity index (χ0) is 18.9. The van der Waals surface area contributed by atoms with E-state index in [-0.39, 0.29) is 22.0 Å². The lowest BCUT2D eigenvalue weighted by atomic mass is 9.80. The summed E-state index contributed by atoms with van der Waals surface area (Å²) in [5, 5.41) is 3.97. The first-order valence-electron chi connectivity index (χ1n) is 8.68. The van der Waals surface area contributed by atoms with Gasteiger partial charge in [0.05, 0.1) is 16.5 Å². The number of hydrogen-bond acceptors (Lipinski definition) is 4. The van der Waals surface area contributed by atoms with Crippen molar-refractivity contribution in [3.05, 3.63) is 23.2 Å². The van der Waals surface area contributed by atoms with Gasteiger partial charge in [-0.2, -0.15) is 0 Å². The minimum absolute atomic E-state index is 0.132. The highest BCUT2D eigenvalue weighted by Gasteiger charge is 2.39. The van der Waals surface area contributed by atoms with Crippen molar-refractivity contribution in [1.82, 2.24) is 10.0 Å². The number of rotatable bonds is 6. The zero-order valence-corrected chi connectivity index (χ0v) is 17.2. The molecule has 0 radical (unpaired) electrons. The fraction of sp³-hybridized carbons (Fsp3) is 0.667. The molecule has 1 aromatic rings. The molecule has 2 rings (SSSR count). The van der Waals surface area contributed by atoms with Crippen LogP contribution in [-0.2, 0) is 10.0 Å². The molecule has 1 saturated heterocycles. The van der Waals surface area contributed by atoms with E-state index < -0.39 is 10.0 Å². The third-order valence-corrected chi connectivity index (χ3v) is 6.02. The number of nitrogens with one attached hydrogen (secondary N) is 2. The summed E-state index contributed by atoms with van der Waals surface area (Å²) in [5.41, 5.74) is -0.269. The lowest BCUT2D eigenvalue weighted by Crippen LogP contribution is -2.62. The number of benzene rings is 1. The van der Waals surface area contributed by atoms with Crippen LogP contribution in [0.25, 0.3) is 0 Å². The summed E-state index contributed by atoms with van der Waals surface area (Å²) in [6.07, 6.45) is 2.27. The molecule has 25 heavy (non-hydrogen) atoms. The van der Waals surface area contributed by atoms with Crippen LogP contribution in [0.2, 0.25) is 5.02 Å². The third kappa shape index (κ3) is 5.58. The molecule has 0 amide bonds. The van der Waals surface area contributed by atoms with Crippen molar-refractivity contribution < 1.29 is 13.2 Å². The average Bonchev–Trinajstić information content (AvgIpc) is 2.42. The quantitative estimate of drug-likeness (QED) is 0.779. The Kier molecular flexibility index (Phi) is 6.09. The fourth-order valence-corrected chi connectivity index (χ4v) is 5.09. The fourth-order valence-electron chi connectivity index (χ4n) is 3.67. The first kappa shape index (κ1) is 20.5. The highest BCUT2D eigenvalue weighted by Crippen LogP contribution is 2.31. The largest absolute Gasteiger partial charge is 0.492 e. The standard InChI is InChI=1S/C18H29ClN2O3S/c1-6-9-24-16-10-14(7-8-15(16)19)25(22,23)20-13-11-17(2,3)21-18(4,5)12-13/h7-8,10,13,20-21H,6,9,11-12H2,1-5H3. The third-order valence-electron chi connectivity index (χ3n) is 4.19. The molecular formula is C18H29ClN2O3S. The van der Waals surface area contributed by atoms with Crippen LogP contribution in [0, 0.1) is 0 Å². The maximum atomic E-state index is 12.8. The van der Waals surface area contributed by atoms with Crippen molar-refractivity contribution in [3.63, 3.8) is 0 Å². The van der Waals surface area contributed by atoms with Gasteiger partial charge in [0.1, 0.15) is 5.75 Å². The lowest BCUT2D eigenvalue weighted by Gasteiger charge is -2.46. The van der Waals surface area contributed by atoms with Gasteiger partial charge < -0.3 is 10.1 Å². The molecule has 5 nitrogen and oxygen atoms in total. The van der Waals surface area contributed by atoms with Crippen LogP contribution in [0.1, 0.15) is 53.9 Å². The summed E-state index contributed by atoms with van der Waals surface area (Å²) in [5.74, 6) is 0.400. The van der Waals surface area contributed by atoms with E-state index in [0.29, 0.717) is 17.4 Å². The minimum atomic E-state index is -3.64. The summed E-state index contributed by atoms with van der Waals surface area (Å²) in [7, 11) is -3.64. The number of sulfonamides is 1. The molecular weight excluding hydrogens is 360 g/mol. The van der Waals surface area contributed by atoms with Crippen LogP contribution in [0.5, 0.6) is 5.75 Å². The molecule has 0 bridgehead atoms. The summed E-state index contributed by atoms with van der Waals surface area (Å²) in [6.45, 7) is 10.8. The van der Waals surface area contributed by atoms with E-state index >= 15 is 0 Å². The number of ether oxygens (including phenoxy) is 1. The van der Waals surface area contributed by atoms with Crippen LogP contribution in [-0.4, -0.2) is 32.1 Å². The second-order valence-electron chi connectivity index (χ2n) is 8.06. The van der Waals surface area contributed by atoms with E-state index in [1.807, 2.05) is 6.92 Å². The summed E-state index contributed by atoms with van der Waals surface area (Å²) in [4.78, 5) is 0.178. The topological polar surface area (TPSA) is 67.4 Å². The van der Waals surface area contributed by atoms with Crippen molar-refractivity contribution in [2.24, 2.45) is 0 Å². The Labute approximate surface area is 156 Å². The maximum Gasteiger partial charge on any atom is 0.240 e. The van der Waals surface area contributed by atoms with Gasteiger partial charge >= 0.3 is 0 Å².